The zero-order valence-electron chi connectivity index (χ0n) is 17.2. The summed E-state index contributed by atoms with van der Waals surface area (Å²) >= 11 is 1.31. The highest BCUT2D eigenvalue weighted by Crippen LogP contribution is 2.26. The average molecular weight is 418 g/mol. The fourth-order valence-electron chi connectivity index (χ4n) is 3.54. The standard InChI is InChI=1S/C24H23N3O2S/c1-4-27(19-12-6-5-7-13-19)22(28)16(2)30-24-25-21-15-18-11-9-8-10-17(18)14-20(21)23(29)26(24)3/h5-16H,4H2,1-3H3/t16-/m1/s1. The van der Waals surface area contributed by atoms with Crippen LogP contribution in [0.15, 0.2) is 76.7 Å². The van der Waals surface area contributed by atoms with Gasteiger partial charge in [0.25, 0.3) is 5.56 Å². The van der Waals surface area contributed by atoms with Gasteiger partial charge in [-0.15, -0.1) is 0 Å². The van der Waals surface area contributed by atoms with Gasteiger partial charge in [-0.1, -0.05) is 54.2 Å². The Labute approximate surface area is 179 Å². The molecule has 1 amide bonds. The van der Waals surface area contributed by atoms with Crippen molar-refractivity contribution in [1.82, 2.24) is 9.55 Å². The van der Waals surface area contributed by atoms with Gasteiger partial charge in [0.05, 0.1) is 16.2 Å². The molecule has 4 aromatic rings. The summed E-state index contributed by atoms with van der Waals surface area (Å²) in [6, 6.07) is 21.4. The largest absolute Gasteiger partial charge is 0.312 e. The van der Waals surface area contributed by atoms with Gasteiger partial charge in [0.15, 0.2) is 5.16 Å². The number of anilines is 1. The molecule has 1 heterocycles. The number of fused-ring (bicyclic) bond motifs is 2. The lowest BCUT2D eigenvalue weighted by atomic mass is 10.1. The van der Waals surface area contributed by atoms with Gasteiger partial charge >= 0.3 is 0 Å². The van der Waals surface area contributed by atoms with Crippen molar-refractivity contribution in [1.29, 1.82) is 0 Å². The van der Waals surface area contributed by atoms with Crippen molar-refractivity contribution in [2.75, 3.05) is 11.4 Å². The van der Waals surface area contributed by atoms with Crippen LogP contribution >= 0.6 is 11.8 Å². The van der Waals surface area contributed by atoms with Crippen LogP contribution in [0.1, 0.15) is 13.8 Å². The molecule has 1 aromatic heterocycles. The normalized spacial score (nSPS) is 12.2. The summed E-state index contributed by atoms with van der Waals surface area (Å²) in [5.41, 5.74) is 1.40. The summed E-state index contributed by atoms with van der Waals surface area (Å²) in [6.45, 7) is 4.39. The van der Waals surface area contributed by atoms with E-state index in [1.165, 1.54) is 16.3 Å². The molecule has 0 saturated heterocycles. The molecule has 6 heteroatoms. The molecule has 0 N–H and O–H groups in total. The lowest BCUT2D eigenvalue weighted by Crippen LogP contribution is -2.36. The first-order valence-corrected chi connectivity index (χ1v) is 10.8. The van der Waals surface area contributed by atoms with Crippen molar-refractivity contribution >= 4 is 45.0 Å². The maximum atomic E-state index is 13.1. The maximum Gasteiger partial charge on any atom is 0.261 e. The Hall–Kier alpha value is -3.12. The van der Waals surface area contributed by atoms with E-state index in [4.69, 9.17) is 4.98 Å². The molecule has 0 spiro atoms. The van der Waals surface area contributed by atoms with E-state index in [0.717, 1.165) is 16.5 Å². The molecule has 3 aromatic carbocycles. The van der Waals surface area contributed by atoms with E-state index in [0.29, 0.717) is 22.6 Å². The van der Waals surface area contributed by atoms with E-state index in [1.54, 1.807) is 11.9 Å². The smallest absolute Gasteiger partial charge is 0.261 e. The minimum atomic E-state index is -0.388. The second-order valence-electron chi connectivity index (χ2n) is 7.15. The molecule has 0 fully saturated rings. The Morgan fingerprint density at radius 1 is 1.07 bits per heavy atom. The molecule has 0 radical (unpaired) electrons. The van der Waals surface area contributed by atoms with E-state index in [2.05, 4.69) is 0 Å². The number of carbonyl (C=O) groups excluding carboxylic acids is 1. The maximum absolute atomic E-state index is 13.1. The van der Waals surface area contributed by atoms with Crippen molar-refractivity contribution < 1.29 is 4.79 Å². The van der Waals surface area contributed by atoms with Crippen LogP contribution in [-0.4, -0.2) is 27.3 Å². The van der Waals surface area contributed by atoms with Crippen LogP contribution in [0, 0.1) is 0 Å². The minimum Gasteiger partial charge on any atom is -0.312 e. The number of benzene rings is 3. The number of nitrogens with zero attached hydrogens (tertiary/aromatic N) is 3. The summed E-state index contributed by atoms with van der Waals surface area (Å²) in [7, 11) is 1.71. The topological polar surface area (TPSA) is 55.2 Å². The Kier molecular flexibility index (Phi) is 5.59. The second kappa shape index (κ2) is 8.32. The fraction of sp³-hybridized carbons (Fsp3) is 0.208. The summed E-state index contributed by atoms with van der Waals surface area (Å²) in [5.74, 6) is -0.0124. The van der Waals surface area contributed by atoms with Gasteiger partial charge in [-0.25, -0.2) is 4.98 Å². The number of hydrogen-bond acceptors (Lipinski definition) is 4. The highest BCUT2D eigenvalue weighted by Gasteiger charge is 2.23. The summed E-state index contributed by atoms with van der Waals surface area (Å²) in [5, 5.41) is 2.77. The number of hydrogen-bond donors (Lipinski definition) is 0. The first-order valence-electron chi connectivity index (χ1n) is 9.92. The van der Waals surface area contributed by atoms with Gasteiger partial charge in [0.2, 0.25) is 5.91 Å². The molecule has 0 bridgehead atoms. The molecule has 0 aliphatic carbocycles. The Balaban J connectivity index is 1.69. The third-order valence-electron chi connectivity index (χ3n) is 5.18. The van der Waals surface area contributed by atoms with Crippen LogP contribution in [0.5, 0.6) is 0 Å². The van der Waals surface area contributed by atoms with Crippen LogP contribution in [-0.2, 0) is 11.8 Å². The van der Waals surface area contributed by atoms with Crippen molar-refractivity contribution in [3.63, 3.8) is 0 Å². The van der Waals surface area contributed by atoms with E-state index in [9.17, 15) is 9.59 Å². The summed E-state index contributed by atoms with van der Waals surface area (Å²) < 4.78 is 1.53. The fourth-order valence-corrected chi connectivity index (χ4v) is 4.48. The van der Waals surface area contributed by atoms with Crippen molar-refractivity contribution in [2.24, 2.45) is 7.05 Å². The van der Waals surface area contributed by atoms with Crippen molar-refractivity contribution in [2.45, 2.75) is 24.3 Å². The molecular weight excluding hydrogens is 394 g/mol. The highest BCUT2D eigenvalue weighted by molar-refractivity contribution is 8.00. The number of para-hydroxylation sites is 1. The molecule has 5 nitrogen and oxygen atoms in total. The molecule has 0 saturated carbocycles. The molecule has 1 atom stereocenters. The average Bonchev–Trinajstić information content (AvgIpc) is 2.77. The highest BCUT2D eigenvalue weighted by atomic mass is 32.2. The molecule has 152 valence electrons. The van der Waals surface area contributed by atoms with E-state index in [-0.39, 0.29) is 16.7 Å². The first kappa shape index (κ1) is 20.2. The quantitative estimate of drug-likeness (QED) is 0.270. The van der Waals surface area contributed by atoms with Gasteiger partial charge in [0.1, 0.15) is 0 Å². The number of thioether (sulfide) groups is 1. The number of aromatic nitrogens is 2. The Morgan fingerprint density at radius 2 is 1.70 bits per heavy atom. The van der Waals surface area contributed by atoms with Crippen LogP contribution in [0.4, 0.5) is 5.69 Å². The lowest BCUT2D eigenvalue weighted by molar-refractivity contribution is -0.117. The molecule has 0 unspecified atom stereocenters. The lowest BCUT2D eigenvalue weighted by Gasteiger charge is -2.24. The van der Waals surface area contributed by atoms with Gasteiger partial charge in [0, 0.05) is 19.3 Å². The van der Waals surface area contributed by atoms with Crippen LogP contribution in [0.2, 0.25) is 0 Å². The van der Waals surface area contributed by atoms with Crippen LogP contribution in [0.3, 0.4) is 0 Å². The van der Waals surface area contributed by atoms with Crippen LogP contribution in [0.25, 0.3) is 21.7 Å². The van der Waals surface area contributed by atoms with E-state index in [1.807, 2.05) is 80.6 Å². The van der Waals surface area contributed by atoms with Gasteiger partial charge in [-0.2, -0.15) is 0 Å². The monoisotopic (exact) mass is 417 g/mol. The van der Waals surface area contributed by atoms with Gasteiger partial charge in [-0.3, -0.25) is 14.2 Å². The van der Waals surface area contributed by atoms with Crippen LogP contribution < -0.4 is 10.5 Å². The third kappa shape index (κ3) is 3.71. The Morgan fingerprint density at radius 3 is 2.37 bits per heavy atom. The van der Waals surface area contributed by atoms with E-state index >= 15 is 0 Å². The molecule has 0 aliphatic rings. The molecule has 4 rings (SSSR count). The van der Waals surface area contributed by atoms with Crippen molar-refractivity contribution in [3.8, 4) is 0 Å². The first-order chi connectivity index (χ1) is 14.5. The number of carbonyl (C=O) groups is 1. The van der Waals surface area contributed by atoms with E-state index < -0.39 is 0 Å². The predicted molar refractivity (Wildman–Crippen MR) is 124 cm³/mol. The third-order valence-corrected chi connectivity index (χ3v) is 6.31. The minimum absolute atomic E-state index is 0.0124. The zero-order valence-corrected chi connectivity index (χ0v) is 18.0. The SMILES string of the molecule is CCN(C(=O)[C@@H](C)Sc1nc2cc3ccccc3cc2c(=O)n1C)c1ccccc1. The second-order valence-corrected chi connectivity index (χ2v) is 8.46. The van der Waals surface area contributed by atoms with Gasteiger partial charge < -0.3 is 4.90 Å². The molecular formula is C24H23N3O2S. The molecule has 30 heavy (non-hydrogen) atoms. The zero-order chi connectivity index (χ0) is 21.3. The predicted octanol–water partition coefficient (Wildman–Crippen LogP) is 4.62. The number of rotatable bonds is 5. The Bertz CT molecular complexity index is 1280. The number of amides is 1. The van der Waals surface area contributed by atoms with Gasteiger partial charge in [-0.05, 0) is 48.9 Å². The van der Waals surface area contributed by atoms with Crippen molar-refractivity contribution in [3.05, 3.63) is 77.1 Å². The molecule has 0 aliphatic heterocycles. The summed E-state index contributed by atoms with van der Waals surface area (Å²) in [6.07, 6.45) is 0. The summed E-state index contributed by atoms with van der Waals surface area (Å²) in [4.78, 5) is 32.5.